The summed E-state index contributed by atoms with van der Waals surface area (Å²) in [5.74, 6) is 0. The van der Waals surface area contributed by atoms with E-state index >= 15 is 0 Å². The molecule has 74 valence electrons. The fourth-order valence-electron chi connectivity index (χ4n) is 1.06. The number of allylic oxidation sites excluding steroid dienone is 2. The third-order valence-electron chi connectivity index (χ3n) is 1.80. The lowest BCUT2D eigenvalue weighted by atomic mass is 10.2. The second-order valence-electron chi connectivity index (χ2n) is 2.85. The lowest BCUT2D eigenvalue weighted by Crippen LogP contribution is -1.93. The van der Waals surface area contributed by atoms with E-state index in [4.69, 9.17) is 0 Å². The lowest BCUT2D eigenvalue weighted by molar-refractivity contribution is 1.12. The number of alkyl halides is 1. The van der Waals surface area contributed by atoms with Crippen molar-refractivity contribution in [2.45, 2.75) is 12.3 Å². The molecule has 0 amide bonds. The van der Waals surface area contributed by atoms with Crippen LogP contribution in [-0.4, -0.2) is 4.98 Å². The van der Waals surface area contributed by atoms with Crippen molar-refractivity contribution in [3.05, 3.63) is 46.2 Å². The Morgan fingerprint density at radius 1 is 1.57 bits per heavy atom. The van der Waals surface area contributed by atoms with Crippen LogP contribution in [0.2, 0.25) is 0 Å². The first kappa shape index (κ1) is 11.7. The van der Waals surface area contributed by atoms with Crippen LogP contribution in [-0.2, 0) is 5.33 Å². The van der Waals surface area contributed by atoms with Crippen LogP contribution in [0.3, 0.4) is 0 Å². The van der Waals surface area contributed by atoms with Crippen LogP contribution in [0, 0.1) is 6.92 Å². The van der Waals surface area contributed by atoms with Gasteiger partial charge in [0.05, 0.1) is 11.4 Å². The molecule has 0 bridgehead atoms. The molecule has 0 aliphatic heterocycles. The predicted molar refractivity (Wildman–Crippen MR) is 68.5 cm³/mol. The molecule has 0 radical (unpaired) electrons. The minimum Gasteiger partial charge on any atom is -0.251 e. The molecular weight excluding hydrogens is 306 g/mol. The minimum atomic E-state index is 0.753. The summed E-state index contributed by atoms with van der Waals surface area (Å²) in [6, 6.07) is 2.08. The number of hydrogen-bond acceptors (Lipinski definition) is 1. The Kier molecular flexibility index (Phi) is 4.55. The molecule has 0 aliphatic rings. The molecule has 0 aromatic carbocycles. The van der Waals surface area contributed by atoms with Crippen LogP contribution in [0.25, 0.3) is 6.08 Å². The zero-order chi connectivity index (χ0) is 10.6. The summed E-state index contributed by atoms with van der Waals surface area (Å²) >= 11 is 6.87. The fraction of sp³-hybridized carbons (Fsp3) is 0.182. The first-order valence-electron chi connectivity index (χ1n) is 4.20. The van der Waals surface area contributed by atoms with Crippen molar-refractivity contribution in [3.63, 3.8) is 0 Å². The number of halogens is 2. The van der Waals surface area contributed by atoms with Gasteiger partial charge in [-0.05, 0) is 40.6 Å². The second kappa shape index (κ2) is 5.47. The summed E-state index contributed by atoms with van der Waals surface area (Å²) in [7, 11) is 0. The van der Waals surface area contributed by atoms with E-state index in [1.54, 1.807) is 6.08 Å². The molecule has 0 saturated carbocycles. The van der Waals surface area contributed by atoms with Gasteiger partial charge >= 0.3 is 0 Å². The van der Waals surface area contributed by atoms with Gasteiger partial charge in [0.25, 0.3) is 0 Å². The van der Waals surface area contributed by atoms with Gasteiger partial charge in [-0.15, -0.1) is 0 Å². The Labute approximate surface area is 101 Å². The molecule has 1 aromatic rings. The molecule has 3 heteroatoms. The summed E-state index contributed by atoms with van der Waals surface area (Å²) in [5, 5.41) is 0.753. The number of aromatic nitrogens is 1. The maximum Gasteiger partial charge on any atom is 0.0663 e. The van der Waals surface area contributed by atoms with Crippen LogP contribution in [0.1, 0.15) is 17.0 Å². The summed E-state index contributed by atoms with van der Waals surface area (Å²) < 4.78 is 1.04. The average Bonchev–Trinajstić information content (AvgIpc) is 2.17. The highest BCUT2D eigenvalue weighted by Crippen LogP contribution is 2.21. The lowest BCUT2D eigenvalue weighted by Gasteiger charge is -2.04. The zero-order valence-corrected chi connectivity index (χ0v) is 11.1. The molecule has 1 aromatic heterocycles. The highest BCUT2D eigenvalue weighted by molar-refractivity contribution is 9.10. The third kappa shape index (κ3) is 2.79. The van der Waals surface area contributed by atoms with Gasteiger partial charge in [-0.1, -0.05) is 34.7 Å². The van der Waals surface area contributed by atoms with Crippen molar-refractivity contribution in [1.82, 2.24) is 4.98 Å². The van der Waals surface area contributed by atoms with Crippen molar-refractivity contribution < 1.29 is 0 Å². The molecule has 14 heavy (non-hydrogen) atoms. The van der Waals surface area contributed by atoms with Gasteiger partial charge in [-0.25, -0.2) is 0 Å². The summed E-state index contributed by atoms with van der Waals surface area (Å²) in [6.45, 7) is 5.67. The first-order valence-corrected chi connectivity index (χ1v) is 6.11. The van der Waals surface area contributed by atoms with Crippen LogP contribution < -0.4 is 0 Å². The predicted octanol–water partition coefficient (Wildman–Crippen LogP) is 4.25. The van der Waals surface area contributed by atoms with E-state index in [1.165, 1.54) is 0 Å². The van der Waals surface area contributed by atoms with Gasteiger partial charge in [0.1, 0.15) is 0 Å². The van der Waals surface area contributed by atoms with Crippen LogP contribution in [0.15, 0.2) is 29.3 Å². The van der Waals surface area contributed by atoms with E-state index in [1.807, 2.05) is 19.1 Å². The van der Waals surface area contributed by atoms with Gasteiger partial charge < -0.3 is 0 Å². The minimum absolute atomic E-state index is 0.753. The van der Waals surface area contributed by atoms with Crippen LogP contribution >= 0.6 is 31.9 Å². The number of aryl methyl sites for hydroxylation is 1. The molecule has 0 spiro atoms. The average molecular weight is 317 g/mol. The maximum atomic E-state index is 4.50. The van der Waals surface area contributed by atoms with E-state index in [0.717, 1.165) is 26.8 Å². The van der Waals surface area contributed by atoms with Crippen LogP contribution in [0.5, 0.6) is 0 Å². The van der Waals surface area contributed by atoms with Gasteiger partial charge in [-0.2, -0.15) is 0 Å². The highest BCUT2D eigenvalue weighted by atomic mass is 79.9. The van der Waals surface area contributed by atoms with Crippen molar-refractivity contribution >= 4 is 37.9 Å². The first-order chi connectivity index (χ1) is 6.69. The molecule has 1 rings (SSSR count). The molecule has 1 heterocycles. The van der Waals surface area contributed by atoms with E-state index < -0.39 is 0 Å². The van der Waals surface area contributed by atoms with E-state index in [2.05, 4.69) is 49.5 Å². The summed E-state index contributed by atoms with van der Waals surface area (Å²) in [4.78, 5) is 4.50. The van der Waals surface area contributed by atoms with Crippen molar-refractivity contribution in [3.8, 4) is 0 Å². The Hall–Kier alpha value is -0.410. The largest absolute Gasteiger partial charge is 0.251 e. The molecule has 0 aliphatic carbocycles. The number of hydrogen-bond donors (Lipinski definition) is 0. The fourth-order valence-corrected chi connectivity index (χ4v) is 2.43. The molecule has 0 unspecified atom stereocenters. The summed E-state index contributed by atoms with van der Waals surface area (Å²) in [5.41, 5.74) is 3.15. The number of rotatable bonds is 3. The SMILES string of the molecule is C=C/C=C\c1nc(CBr)c(Br)cc1C. The van der Waals surface area contributed by atoms with Crippen molar-refractivity contribution in [1.29, 1.82) is 0 Å². The number of pyridine rings is 1. The van der Waals surface area contributed by atoms with E-state index in [-0.39, 0.29) is 0 Å². The van der Waals surface area contributed by atoms with E-state index in [0.29, 0.717) is 0 Å². The molecule has 0 fully saturated rings. The molecule has 0 atom stereocenters. The third-order valence-corrected chi connectivity index (χ3v) is 3.01. The summed E-state index contributed by atoms with van der Waals surface area (Å²) in [6.07, 6.45) is 5.60. The van der Waals surface area contributed by atoms with Gasteiger partial charge in [0, 0.05) is 9.80 Å². The Morgan fingerprint density at radius 3 is 2.86 bits per heavy atom. The smallest absolute Gasteiger partial charge is 0.0663 e. The van der Waals surface area contributed by atoms with Crippen molar-refractivity contribution in [2.75, 3.05) is 0 Å². The Balaban J connectivity index is 3.16. The van der Waals surface area contributed by atoms with Gasteiger partial charge in [0.15, 0.2) is 0 Å². The zero-order valence-electron chi connectivity index (χ0n) is 7.93. The van der Waals surface area contributed by atoms with Gasteiger partial charge in [-0.3, -0.25) is 4.98 Å². The normalized spacial score (nSPS) is 10.8. The maximum absolute atomic E-state index is 4.50. The van der Waals surface area contributed by atoms with Crippen LogP contribution in [0.4, 0.5) is 0 Å². The second-order valence-corrected chi connectivity index (χ2v) is 4.26. The Bertz CT molecular complexity index is 370. The topological polar surface area (TPSA) is 12.9 Å². The standard InChI is InChI=1S/C11H11Br2N/c1-3-4-5-10-8(2)6-9(13)11(7-12)14-10/h3-6H,1,7H2,2H3/b5-4-. The van der Waals surface area contributed by atoms with Crippen molar-refractivity contribution in [2.24, 2.45) is 0 Å². The quantitative estimate of drug-likeness (QED) is 0.600. The van der Waals surface area contributed by atoms with E-state index in [9.17, 15) is 0 Å². The molecule has 0 saturated heterocycles. The highest BCUT2D eigenvalue weighted by Gasteiger charge is 2.03. The monoisotopic (exact) mass is 315 g/mol. The van der Waals surface area contributed by atoms with Gasteiger partial charge in [0.2, 0.25) is 0 Å². The molecule has 0 N–H and O–H groups in total. The Morgan fingerprint density at radius 2 is 2.29 bits per heavy atom. The molecule has 1 nitrogen and oxygen atoms in total. The number of nitrogens with zero attached hydrogens (tertiary/aromatic N) is 1. The molecular formula is C11H11Br2N.